The molecule has 5 nitrogen and oxygen atoms in total. The summed E-state index contributed by atoms with van der Waals surface area (Å²) in [4.78, 5) is 0. The first-order valence-corrected chi connectivity index (χ1v) is 9.97. The van der Waals surface area contributed by atoms with Crippen LogP contribution in [0.1, 0.15) is 44.7 Å². The highest BCUT2D eigenvalue weighted by molar-refractivity contribution is 5.93. The van der Waals surface area contributed by atoms with Crippen LogP contribution >= 0.6 is 0 Å². The average molecular weight is 408 g/mol. The largest absolute Gasteiger partial charge is 0.508 e. The van der Waals surface area contributed by atoms with Crippen LogP contribution in [0.3, 0.4) is 0 Å². The first-order chi connectivity index (χ1) is 14.2. The fraction of sp³-hybridized carbons (Fsp3) is 0.280. The lowest BCUT2D eigenvalue weighted by atomic mass is 10.0. The van der Waals surface area contributed by atoms with Gasteiger partial charge in [-0.3, -0.25) is 0 Å². The van der Waals surface area contributed by atoms with Gasteiger partial charge in [0, 0.05) is 22.6 Å². The third kappa shape index (κ3) is 4.30. The molecule has 1 heterocycles. The molecule has 0 spiro atoms. The minimum atomic E-state index is -0.210. The van der Waals surface area contributed by atoms with E-state index in [9.17, 15) is 20.4 Å². The lowest BCUT2D eigenvalue weighted by Gasteiger charge is -2.07. The number of allylic oxidation sites excluding steroid dienone is 4. The van der Waals surface area contributed by atoms with Crippen LogP contribution in [0.4, 0.5) is 0 Å². The van der Waals surface area contributed by atoms with Gasteiger partial charge < -0.3 is 24.8 Å². The molecule has 0 saturated carbocycles. The highest BCUT2D eigenvalue weighted by atomic mass is 16.3. The highest BCUT2D eigenvalue weighted by Gasteiger charge is 2.21. The average Bonchev–Trinajstić information content (AvgIpc) is 2.98. The summed E-state index contributed by atoms with van der Waals surface area (Å²) < 4.78 is 6.07. The van der Waals surface area contributed by atoms with Gasteiger partial charge in [-0.2, -0.15) is 0 Å². The number of furan rings is 1. The number of phenolic OH excluding ortho intramolecular Hbond substituents is 4. The third-order valence-electron chi connectivity index (χ3n) is 5.25. The number of aryl methyl sites for hydroxylation is 1. The van der Waals surface area contributed by atoms with Gasteiger partial charge in [-0.05, 0) is 65.2 Å². The van der Waals surface area contributed by atoms with Crippen LogP contribution < -0.4 is 0 Å². The summed E-state index contributed by atoms with van der Waals surface area (Å²) in [6, 6.07) is 5.76. The summed E-state index contributed by atoms with van der Waals surface area (Å²) in [5.74, 6) is -0.139. The highest BCUT2D eigenvalue weighted by Crippen LogP contribution is 2.44. The molecule has 0 aliphatic rings. The van der Waals surface area contributed by atoms with Gasteiger partial charge in [0.15, 0.2) is 11.5 Å². The summed E-state index contributed by atoms with van der Waals surface area (Å²) in [6.45, 7) is 8.02. The molecule has 0 amide bonds. The standard InChI is InChI=1S/C25H28O5/c1-14(2)6-5-7-15(3)8-10-19-23(29)22(28)13-20-16(4)24(30-25(19)20)18-11-9-17(26)12-21(18)27/h6,8-9,11-13,26-29H,5,7,10H2,1-4H3/b15-8+. The number of hydrogen-bond acceptors (Lipinski definition) is 5. The lowest BCUT2D eigenvalue weighted by molar-refractivity contribution is 0.400. The molecule has 3 aromatic rings. The molecule has 2 aromatic carbocycles. The molecule has 0 radical (unpaired) electrons. The zero-order chi connectivity index (χ0) is 22.0. The van der Waals surface area contributed by atoms with Crippen LogP contribution in [0.5, 0.6) is 23.0 Å². The molecule has 4 N–H and O–H groups in total. The molecular weight excluding hydrogens is 380 g/mol. The number of rotatable bonds is 6. The van der Waals surface area contributed by atoms with Gasteiger partial charge >= 0.3 is 0 Å². The molecule has 1 aromatic heterocycles. The van der Waals surface area contributed by atoms with Crippen molar-refractivity contribution in [1.29, 1.82) is 0 Å². The Hall–Kier alpha value is -3.34. The summed E-state index contributed by atoms with van der Waals surface area (Å²) in [5, 5.41) is 41.2. The second-order valence-electron chi connectivity index (χ2n) is 7.93. The lowest BCUT2D eigenvalue weighted by Crippen LogP contribution is -1.87. The summed E-state index contributed by atoms with van der Waals surface area (Å²) >= 11 is 0. The summed E-state index contributed by atoms with van der Waals surface area (Å²) in [6.07, 6.45) is 6.50. The zero-order valence-electron chi connectivity index (χ0n) is 17.8. The van der Waals surface area contributed by atoms with E-state index in [-0.39, 0.29) is 23.0 Å². The van der Waals surface area contributed by atoms with Gasteiger partial charge in [0.1, 0.15) is 22.8 Å². The van der Waals surface area contributed by atoms with E-state index in [1.165, 1.54) is 29.3 Å². The van der Waals surface area contributed by atoms with Crippen molar-refractivity contribution >= 4 is 11.0 Å². The van der Waals surface area contributed by atoms with Crippen LogP contribution in [-0.4, -0.2) is 20.4 Å². The molecule has 0 aliphatic heterocycles. The van der Waals surface area contributed by atoms with E-state index in [0.29, 0.717) is 34.3 Å². The minimum Gasteiger partial charge on any atom is -0.508 e. The number of aromatic hydroxyl groups is 4. The van der Waals surface area contributed by atoms with Crippen LogP contribution in [0.15, 0.2) is 52.0 Å². The van der Waals surface area contributed by atoms with E-state index in [4.69, 9.17) is 4.42 Å². The van der Waals surface area contributed by atoms with Crippen molar-refractivity contribution in [2.45, 2.75) is 47.0 Å². The summed E-state index contributed by atoms with van der Waals surface area (Å²) in [5.41, 5.74) is 4.60. The van der Waals surface area contributed by atoms with Gasteiger partial charge in [0.2, 0.25) is 0 Å². The fourth-order valence-corrected chi connectivity index (χ4v) is 3.52. The van der Waals surface area contributed by atoms with Gasteiger partial charge in [0.25, 0.3) is 0 Å². The van der Waals surface area contributed by atoms with E-state index in [0.717, 1.165) is 18.4 Å². The Kier molecular flexibility index (Phi) is 6.11. The van der Waals surface area contributed by atoms with Crippen LogP contribution in [0.25, 0.3) is 22.3 Å². The molecule has 0 fully saturated rings. The first kappa shape index (κ1) is 21.4. The van der Waals surface area contributed by atoms with Gasteiger partial charge in [-0.15, -0.1) is 0 Å². The predicted molar refractivity (Wildman–Crippen MR) is 119 cm³/mol. The van der Waals surface area contributed by atoms with E-state index >= 15 is 0 Å². The molecule has 0 bridgehead atoms. The SMILES string of the molecule is CC(C)=CCC/C(C)=C/Cc1c(O)c(O)cc2c(C)c(-c3ccc(O)cc3O)oc12. The Morgan fingerprint density at radius 1 is 0.967 bits per heavy atom. The van der Waals surface area contributed by atoms with Crippen molar-refractivity contribution in [1.82, 2.24) is 0 Å². The smallest absolute Gasteiger partial charge is 0.164 e. The van der Waals surface area contributed by atoms with Crippen molar-refractivity contribution in [3.05, 3.63) is 58.7 Å². The number of phenols is 4. The van der Waals surface area contributed by atoms with Gasteiger partial charge in [-0.1, -0.05) is 23.3 Å². The normalized spacial score (nSPS) is 11.8. The Morgan fingerprint density at radius 3 is 2.37 bits per heavy atom. The Morgan fingerprint density at radius 2 is 1.70 bits per heavy atom. The van der Waals surface area contributed by atoms with Gasteiger partial charge in [0.05, 0.1) is 5.56 Å². The maximum atomic E-state index is 10.5. The topological polar surface area (TPSA) is 94.1 Å². The molecule has 30 heavy (non-hydrogen) atoms. The molecule has 5 heteroatoms. The zero-order valence-corrected chi connectivity index (χ0v) is 17.8. The Balaban J connectivity index is 2.04. The van der Waals surface area contributed by atoms with Gasteiger partial charge in [-0.25, -0.2) is 0 Å². The molecule has 0 unspecified atom stereocenters. The van der Waals surface area contributed by atoms with Crippen molar-refractivity contribution in [2.24, 2.45) is 0 Å². The molecule has 158 valence electrons. The first-order valence-electron chi connectivity index (χ1n) is 9.97. The molecule has 0 saturated heterocycles. The van der Waals surface area contributed by atoms with Crippen molar-refractivity contribution < 1.29 is 24.8 Å². The minimum absolute atomic E-state index is 0.0466. The molecule has 0 aliphatic carbocycles. The maximum absolute atomic E-state index is 10.5. The van der Waals surface area contributed by atoms with E-state index in [1.54, 1.807) is 6.07 Å². The van der Waals surface area contributed by atoms with Crippen molar-refractivity contribution in [2.75, 3.05) is 0 Å². The molecule has 0 atom stereocenters. The van der Waals surface area contributed by atoms with Crippen molar-refractivity contribution in [3.8, 4) is 34.3 Å². The Labute approximate surface area is 176 Å². The molecular formula is C25H28O5. The van der Waals surface area contributed by atoms with Crippen LogP contribution in [0, 0.1) is 6.92 Å². The quantitative estimate of drug-likeness (QED) is 0.277. The van der Waals surface area contributed by atoms with E-state index < -0.39 is 0 Å². The number of fused-ring (bicyclic) bond motifs is 1. The second-order valence-corrected chi connectivity index (χ2v) is 7.93. The summed E-state index contributed by atoms with van der Waals surface area (Å²) in [7, 11) is 0. The number of hydrogen-bond donors (Lipinski definition) is 4. The predicted octanol–water partition coefficient (Wildman–Crippen LogP) is 6.47. The van der Waals surface area contributed by atoms with E-state index in [2.05, 4.69) is 19.9 Å². The maximum Gasteiger partial charge on any atom is 0.164 e. The van der Waals surface area contributed by atoms with Crippen LogP contribution in [-0.2, 0) is 6.42 Å². The van der Waals surface area contributed by atoms with E-state index in [1.807, 2.05) is 19.9 Å². The second kappa shape index (κ2) is 8.57. The molecule has 3 rings (SSSR count). The van der Waals surface area contributed by atoms with Crippen LogP contribution in [0.2, 0.25) is 0 Å². The number of benzene rings is 2. The monoisotopic (exact) mass is 408 g/mol. The fourth-order valence-electron chi connectivity index (χ4n) is 3.52. The Bertz CT molecular complexity index is 1140. The van der Waals surface area contributed by atoms with Crippen molar-refractivity contribution in [3.63, 3.8) is 0 Å². The third-order valence-corrected chi connectivity index (χ3v) is 5.25.